The van der Waals surface area contributed by atoms with Crippen molar-refractivity contribution in [1.82, 2.24) is 14.9 Å². The normalized spacial score (nSPS) is 14.9. The molecule has 132 valence electrons. The van der Waals surface area contributed by atoms with Crippen LogP contribution in [0.15, 0.2) is 24.3 Å². The number of aryl methyl sites for hydroxylation is 1. The van der Waals surface area contributed by atoms with Crippen molar-refractivity contribution in [3.8, 4) is 0 Å². The molecule has 2 heterocycles. The summed E-state index contributed by atoms with van der Waals surface area (Å²) in [6.45, 7) is 3.35. The van der Waals surface area contributed by atoms with E-state index in [9.17, 15) is 4.79 Å². The van der Waals surface area contributed by atoms with Gasteiger partial charge in [0.15, 0.2) is 0 Å². The highest BCUT2D eigenvalue weighted by atomic mass is 35.5. The fourth-order valence-corrected chi connectivity index (χ4v) is 3.48. The number of benzene rings is 1. The van der Waals surface area contributed by atoms with E-state index in [1.165, 1.54) is 12.8 Å². The van der Waals surface area contributed by atoms with E-state index in [-0.39, 0.29) is 5.91 Å². The fourth-order valence-electron chi connectivity index (χ4n) is 2.95. The summed E-state index contributed by atoms with van der Waals surface area (Å²) in [6, 6.07) is 6.84. The summed E-state index contributed by atoms with van der Waals surface area (Å²) >= 11 is 12.1. The highest BCUT2D eigenvalue weighted by Crippen LogP contribution is 2.25. The molecule has 25 heavy (non-hydrogen) atoms. The van der Waals surface area contributed by atoms with Gasteiger partial charge in [0, 0.05) is 34.9 Å². The highest BCUT2D eigenvalue weighted by molar-refractivity contribution is 6.35. The molecule has 1 aliphatic heterocycles. The zero-order valence-corrected chi connectivity index (χ0v) is 15.6. The molecule has 3 rings (SSSR count). The largest absolute Gasteiger partial charge is 0.340 e. The molecule has 0 saturated carbocycles. The van der Waals surface area contributed by atoms with E-state index < -0.39 is 0 Å². The van der Waals surface area contributed by atoms with E-state index >= 15 is 0 Å². The van der Waals surface area contributed by atoms with Crippen LogP contribution in [0, 0.1) is 6.92 Å². The van der Waals surface area contributed by atoms with Gasteiger partial charge in [0.2, 0.25) is 0 Å². The second-order valence-electron chi connectivity index (χ2n) is 6.18. The van der Waals surface area contributed by atoms with Gasteiger partial charge in [-0.3, -0.25) is 4.79 Å². The predicted molar refractivity (Wildman–Crippen MR) is 101 cm³/mol. The van der Waals surface area contributed by atoms with E-state index in [1.54, 1.807) is 31.2 Å². The summed E-state index contributed by atoms with van der Waals surface area (Å²) < 4.78 is 0. The summed E-state index contributed by atoms with van der Waals surface area (Å²) in [7, 11) is 0. The molecule has 1 N–H and O–H groups in total. The smallest absolute Gasteiger partial charge is 0.272 e. The molecule has 0 bridgehead atoms. The Morgan fingerprint density at radius 1 is 1.00 bits per heavy atom. The predicted octanol–water partition coefficient (Wildman–Crippen LogP) is 4.85. The molecule has 0 spiro atoms. The number of aromatic nitrogens is 2. The Kier molecular flexibility index (Phi) is 5.76. The molecule has 1 aliphatic rings. The zero-order chi connectivity index (χ0) is 17.8. The van der Waals surface area contributed by atoms with Crippen molar-refractivity contribution in [3.63, 3.8) is 0 Å². The Morgan fingerprint density at radius 3 is 2.28 bits per heavy atom. The fraction of sp³-hybridized carbons (Fsp3) is 0.389. The second kappa shape index (κ2) is 8.02. The van der Waals surface area contributed by atoms with Gasteiger partial charge in [-0.05, 0) is 38.0 Å². The molecular weight excluding hydrogens is 359 g/mol. The number of halogens is 2. The van der Waals surface area contributed by atoms with E-state index in [2.05, 4.69) is 15.3 Å². The van der Waals surface area contributed by atoms with Gasteiger partial charge in [-0.15, -0.1) is 0 Å². The van der Waals surface area contributed by atoms with E-state index in [4.69, 9.17) is 23.2 Å². The zero-order valence-electron chi connectivity index (χ0n) is 14.1. The van der Waals surface area contributed by atoms with Crippen LogP contribution in [0.5, 0.6) is 0 Å². The molecule has 2 aromatic rings. The number of nitrogens with one attached hydrogen (secondary N) is 1. The lowest BCUT2D eigenvalue weighted by molar-refractivity contribution is 0.0755. The Hall–Kier alpha value is -1.85. The van der Waals surface area contributed by atoms with Crippen LogP contribution in [0.1, 0.15) is 42.0 Å². The van der Waals surface area contributed by atoms with Crippen LogP contribution >= 0.6 is 23.2 Å². The minimum atomic E-state index is -0.0421. The standard InChI is InChI=1S/C18H20Cl2N4O/c1-12-21-16(18(25)24-6-4-2-3-5-7-24)11-17(22-12)23-15-9-13(19)8-14(20)10-15/h8-11H,2-7H2,1H3,(H,21,22,23). The summed E-state index contributed by atoms with van der Waals surface area (Å²) in [5.74, 6) is 1.04. The Morgan fingerprint density at radius 2 is 1.64 bits per heavy atom. The minimum absolute atomic E-state index is 0.0421. The number of carbonyl (C=O) groups is 1. The number of carbonyl (C=O) groups excluding carboxylic acids is 1. The van der Waals surface area contributed by atoms with Crippen molar-refractivity contribution in [1.29, 1.82) is 0 Å². The maximum absolute atomic E-state index is 12.8. The number of rotatable bonds is 3. The molecular formula is C18H20Cl2N4O. The van der Waals surface area contributed by atoms with Gasteiger partial charge >= 0.3 is 0 Å². The first kappa shape index (κ1) is 18.0. The molecule has 1 aromatic carbocycles. The summed E-state index contributed by atoms with van der Waals surface area (Å²) in [6.07, 6.45) is 4.44. The lowest BCUT2D eigenvalue weighted by Gasteiger charge is -2.20. The molecule has 7 heteroatoms. The van der Waals surface area contributed by atoms with Crippen molar-refractivity contribution in [3.05, 3.63) is 45.8 Å². The SMILES string of the molecule is Cc1nc(Nc2cc(Cl)cc(Cl)c2)cc(C(=O)N2CCCCCC2)n1. The van der Waals surface area contributed by atoms with Crippen molar-refractivity contribution in [2.24, 2.45) is 0 Å². The van der Waals surface area contributed by atoms with E-state index in [0.29, 0.717) is 33.1 Å². The third-order valence-electron chi connectivity index (χ3n) is 4.09. The van der Waals surface area contributed by atoms with Gasteiger partial charge in [-0.1, -0.05) is 36.0 Å². The maximum Gasteiger partial charge on any atom is 0.272 e. The number of hydrogen-bond acceptors (Lipinski definition) is 4. The van der Waals surface area contributed by atoms with Crippen LogP contribution in [0.4, 0.5) is 11.5 Å². The third kappa shape index (κ3) is 4.83. The molecule has 0 unspecified atom stereocenters. The van der Waals surface area contributed by atoms with Crippen LogP contribution < -0.4 is 5.32 Å². The van der Waals surface area contributed by atoms with Gasteiger partial charge < -0.3 is 10.2 Å². The summed E-state index contributed by atoms with van der Waals surface area (Å²) in [4.78, 5) is 23.3. The lowest BCUT2D eigenvalue weighted by atomic mass is 10.2. The average molecular weight is 379 g/mol. The van der Waals surface area contributed by atoms with Crippen LogP contribution in [0.3, 0.4) is 0 Å². The first-order valence-electron chi connectivity index (χ1n) is 8.39. The van der Waals surface area contributed by atoms with Crippen molar-refractivity contribution in [2.75, 3.05) is 18.4 Å². The van der Waals surface area contributed by atoms with Gasteiger partial charge in [0.05, 0.1) is 0 Å². The van der Waals surface area contributed by atoms with E-state index in [1.807, 2.05) is 4.90 Å². The monoisotopic (exact) mass is 378 g/mol. The maximum atomic E-state index is 12.8. The number of hydrogen-bond donors (Lipinski definition) is 1. The lowest BCUT2D eigenvalue weighted by Crippen LogP contribution is -2.32. The Bertz CT molecular complexity index is 753. The number of nitrogens with zero attached hydrogens (tertiary/aromatic N) is 3. The number of anilines is 2. The number of likely N-dealkylation sites (tertiary alicyclic amines) is 1. The van der Waals surface area contributed by atoms with Gasteiger partial charge in [0.25, 0.3) is 5.91 Å². The van der Waals surface area contributed by atoms with E-state index in [0.717, 1.165) is 25.9 Å². The van der Waals surface area contributed by atoms with Crippen molar-refractivity contribution >= 4 is 40.6 Å². The van der Waals surface area contributed by atoms with Crippen LogP contribution in [-0.2, 0) is 0 Å². The highest BCUT2D eigenvalue weighted by Gasteiger charge is 2.19. The summed E-state index contributed by atoms with van der Waals surface area (Å²) in [5, 5.41) is 4.20. The van der Waals surface area contributed by atoms with Crippen LogP contribution in [0.2, 0.25) is 10.0 Å². The molecule has 1 fully saturated rings. The van der Waals surface area contributed by atoms with Gasteiger partial charge in [-0.2, -0.15) is 0 Å². The average Bonchev–Trinajstić information content (AvgIpc) is 2.81. The first-order valence-corrected chi connectivity index (χ1v) is 9.15. The van der Waals surface area contributed by atoms with Crippen molar-refractivity contribution in [2.45, 2.75) is 32.6 Å². The summed E-state index contributed by atoms with van der Waals surface area (Å²) in [5.41, 5.74) is 1.12. The van der Waals surface area contributed by atoms with Gasteiger partial charge in [0.1, 0.15) is 17.3 Å². The topological polar surface area (TPSA) is 58.1 Å². The quantitative estimate of drug-likeness (QED) is 0.828. The van der Waals surface area contributed by atoms with Crippen LogP contribution in [0.25, 0.3) is 0 Å². The Labute approximate surface area is 157 Å². The molecule has 1 amide bonds. The molecule has 1 aromatic heterocycles. The minimum Gasteiger partial charge on any atom is -0.340 e. The second-order valence-corrected chi connectivity index (χ2v) is 7.05. The van der Waals surface area contributed by atoms with Crippen LogP contribution in [-0.4, -0.2) is 33.9 Å². The Balaban J connectivity index is 1.83. The molecule has 0 radical (unpaired) electrons. The number of amides is 1. The molecule has 0 aliphatic carbocycles. The molecule has 1 saturated heterocycles. The van der Waals surface area contributed by atoms with Crippen molar-refractivity contribution < 1.29 is 4.79 Å². The third-order valence-corrected chi connectivity index (χ3v) is 4.52. The molecule has 5 nitrogen and oxygen atoms in total. The van der Waals surface area contributed by atoms with Gasteiger partial charge in [-0.25, -0.2) is 9.97 Å². The first-order chi connectivity index (χ1) is 12.0. The molecule has 0 atom stereocenters.